The summed E-state index contributed by atoms with van der Waals surface area (Å²) in [6.45, 7) is 12.9. The summed E-state index contributed by atoms with van der Waals surface area (Å²) in [5.74, 6) is 0.490. The van der Waals surface area contributed by atoms with Crippen molar-refractivity contribution in [2.24, 2.45) is 29.6 Å². The molecule has 292 valence electrons. The maximum Gasteiger partial charge on any atom is 0.475 e. The maximum absolute atomic E-state index is 14.1. The topological polar surface area (TPSA) is 103 Å². The van der Waals surface area contributed by atoms with E-state index in [4.69, 9.17) is 49.0 Å². The van der Waals surface area contributed by atoms with Gasteiger partial charge in [-0.2, -0.15) is 0 Å². The zero-order valence-electron chi connectivity index (χ0n) is 31.6. The number of hydrogen-bond donors (Lipinski definition) is 1. The van der Waals surface area contributed by atoms with Gasteiger partial charge in [-0.25, -0.2) is 9.40 Å². The number of phosphoric ester groups is 1. The Kier molecular flexibility index (Phi) is 16.8. The first-order valence-electron chi connectivity index (χ1n) is 18.8. The number of nitrogens with one attached hydrogen (secondary N) is 1. The Bertz CT molecular complexity index is 1460. The summed E-state index contributed by atoms with van der Waals surface area (Å²) in [4.78, 5) is 2.66. The molecule has 2 aliphatic heterocycles. The number of halogens is 1. The molecule has 0 radical (unpaired) electrons. The molecule has 53 heavy (non-hydrogen) atoms. The minimum absolute atomic E-state index is 0.00174. The molecule has 2 aliphatic rings. The van der Waals surface area contributed by atoms with E-state index < -0.39 is 32.6 Å². The molecule has 4 unspecified atom stereocenters. The van der Waals surface area contributed by atoms with Crippen molar-refractivity contribution in [2.45, 2.75) is 91.8 Å². The Morgan fingerprint density at radius 2 is 1.13 bits per heavy atom. The van der Waals surface area contributed by atoms with E-state index in [-0.39, 0.29) is 55.5 Å². The van der Waals surface area contributed by atoms with Gasteiger partial charge in [-0.05, 0) is 58.6 Å². The molecule has 0 spiro atoms. The fourth-order valence-electron chi connectivity index (χ4n) is 6.70. The summed E-state index contributed by atoms with van der Waals surface area (Å²) in [5, 5.41) is 0. The summed E-state index contributed by atoms with van der Waals surface area (Å²) >= 11 is 5.72. The number of phosphoric acid groups is 1. The molecule has 2 heterocycles. The van der Waals surface area contributed by atoms with Gasteiger partial charge < -0.3 is 23.7 Å². The predicted molar refractivity (Wildman–Crippen MR) is 205 cm³/mol. The van der Waals surface area contributed by atoms with Crippen molar-refractivity contribution in [2.75, 3.05) is 26.4 Å². The first-order valence-corrected chi connectivity index (χ1v) is 20.7. The standard InChI is InChI=1S/C41H57ClNO9P/c1-29-30(2)38(28-49-53(44,47-25-35-18-11-7-12-19-35)48-26-36-20-13-8-14-21-36)50-40(33(29)5)52-39-32(4)31(3)37(51-41(39)46-23-15-22-43-42)27-45-24-34-16-9-6-10-17-34/h6-14,16-21,29-33,37-41,43H,15,22-28H2,1-5H3/t29-,30-,31-,32-,33?,37?,38?,39?,40+,41-/m0/s1. The van der Waals surface area contributed by atoms with Crippen LogP contribution in [0.15, 0.2) is 91.0 Å². The molecular weight excluding hydrogens is 717 g/mol. The van der Waals surface area contributed by atoms with E-state index in [1.165, 1.54) is 0 Å². The fraction of sp³-hybridized carbons (Fsp3) is 0.561. The third-order valence-corrected chi connectivity index (χ3v) is 12.3. The van der Waals surface area contributed by atoms with E-state index in [2.05, 4.69) is 39.5 Å². The largest absolute Gasteiger partial charge is 0.475 e. The Balaban J connectivity index is 1.25. The Hall–Kier alpha value is -2.18. The Morgan fingerprint density at radius 3 is 1.70 bits per heavy atom. The first-order chi connectivity index (χ1) is 25.7. The van der Waals surface area contributed by atoms with Gasteiger partial charge >= 0.3 is 7.82 Å². The molecule has 1 N–H and O–H groups in total. The average Bonchev–Trinajstić information content (AvgIpc) is 3.19. The number of ether oxygens (including phenoxy) is 5. The van der Waals surface area contributed by atoms with Gasteiger partial charge in [-0.3, -0.25) is 13.6 Å². The number of hydrogen-bond acceptors (Lipinski definition) is 10. The lowest BCUT2D eigenvalue weighted by molar-refractivity contribution is -0.340. The zero-order chi connectivity index (χ0) is 37.6. The van der Waals surface area contributed by atoms with Crippen LogP contribution < -0.4 is 4.84 Å². The first kappa shape index (κ1) is 42.0. The van der Waals surface area contributed by atoms with Gasteiger partial charge in [0.2, 0.25) is 0 Å². The summed E-state index contributed by atoms with van der Waals surface area (Å²) in [6, 6.07) is 29.2. The van der Waals surface area contributed by atoms with Gasteiger partial charge in [0.25, 0.3) is 0 Å². The lowest BCUT2D eigenvalue weighted by Crippen LogP contribution is -2.56. The predicted octanol–water partition coefficient (Wildman–Crippen LogP) is 8.93. The Morgan fingerprint density at radius 1 is 0.623 bits per heavy atom. The molecule has 3 aromatic rings. The molecule has 10 atom stereocenters. The molecule has 0 saturated carbocycles. The summed E-state index contributed by atoms with van der Waals surface area (Å²) in [6.07, 6.45) is -1.56. The van der Waals surface area contributed by atoms with Gasteiger partial charge in [0.05, 0.1) is 51.8 Å². The summed E-state index contributed by atoms with van der Waals surface area (Å²) < 4.78 is 64.5. The van der Waals surface area contributed by atoms with Crippen molar-refractivity contribution in [3.05, 3.63) is 108 Å². The minimum Gasteiger partial charge on any atom is -0.374 e. The smallest absolute Gasteiger partial charge is 0.374 e. The van der Waals surface area contributed by atoms with Crippen LogP contribution in [-0.4, -0.2) is 57.3 Å². The molecule has 0 bridgehead atoms. The third kappa shape index (κ3) is 12.4. The van der Waals surface area contributed by atoms with Crippen LogP contribution in [0, 0.1) is 29.6 Å². The maximum atomic E-state index is 14.1. The van der Waals surface area contributed by atoms with Crippen molar-refractivity contribution in [3.8, 4) is 0 Å². The van der Waals surface area contributed by atoms with Crippen molar-refractivity contribution < 1.29 is 41.8 Å². The molecule has 10 nitrogen and oxygen atoms in total. The van der Waals surface area contributed by atoms with Crippen molar-refractivity contribution in [1.29, 1.82) is 0 Å². The molecular formula is C41H57ClNO9P. The Labute approximate surface area is 320 Å². The second-order valence-corrected chi connectivity index (χ2v) is 16.3. The van der Waals surface area contributed by atoms with Crippen LogP contribution in [0.4, 0.5) is 0 Å². The van der Waals surface area contributed by atoms with Crippen LogP contribution in [-0.2, 0) is 61.6 Å². The summed E-state index contributed by atoms with van der Waals surface area (Å²) in [7, 11) is -4.00. The molecule has 12 heteroatoms. The van der Waals surface area contributed by atoms with E-state index in [0.29, 0.717) is 32.8 Å². The molecule has 3 aromatic carbocycles. The highest BCUT2D eigenvalue weighted by atomic mass is 35.5. The number of benzene rings is 3. The second kappa shape index (κ2) is 21.2. The average molecular weight is 774 g/mol. The van der Waals surface area contributed by atoms with Crippen molar-refractivity contribution in [3.63, 3.8) is 0 Å². The van der Waals surface area contributed by atoms with E-state index in [1.807, 2.05) is 91.0 Å². The van der Waals surface area contributed by atoms with Gasteiger partial charge in [-0.1, -0.05) is 126 Å². The lowest BCUT2D eigenvalue weighted by atomic mass is 9.79. The van der Waals surface area contributed by atoms with Crippen LogP contribution in [0.25, 0.3) is 0 Å². The fourth-order valence-corrected chi connectivity index (χ4v) is 8.00. The highest BCUT2D eigenvalue weighted by Crippen LogP contribution is 2.52. The molecule has 5 rings (SSSR count). The van der Waals surface area contributed by atoms with Gasteiger partial charge in [0.1, 0.15) is 6.10 Å². The van der Waals surface area contributed by atoms with Crippen LogP contribution in [0.3, 0.4) is 0 Å². The van der Waals surface area contributed by atoms with Crippen LogP contribution in [0.1, 0.15) is 57.7 Å². The normalized spacial score (nSPS) is 29.2. The monoisotopic (exact) mass is 773 g/mol. The van der Waals surface area contributed by atoms with E-state index in [9.17, 15) is 4.57 Å². The molecule has 0 aliphatic carbocycles. The molecule has 2 fully saturated rings. The molecule has 0 amide bonds. The van der Waals surface area contributed by atoms with Crippen LogP contribution >= 0.6 is 19.6 Å². The summed E-state index contributed by atoms with van der Waals surface area (Å²) in [5.41, 5.74) is 2.83. The highest BCUT2D eigenvalue weighted by Gasteiger charge is 2.48. The highest BCUT2D eigenvalue weighted by molar-refractivity contribution is 7.48. The minimum atomic E-state index is -4.00. The molecule has 2 saturated heterocycles. The van der Waals surface area contributed by atoms with Crippen LogP contribution in [0.5, 0.6) is 0 Å². The van der Waals surface area contributed by atoms with Gasteiger partial charge in [-0.15, -0.1) is 0 Å². The van der Waals surface area contributed by atoms with E-state index in [0.717, 1.165) is 16.7 Å². The van der Waals surface area contributed by atoms with Crippen molar-refractivity contribution in [1.82, 2.24) is 4.84 Å². The quantitative estimate of drug-likeness (QED) is 0.0681. The van der Waals surface area contributed by atoms with E-state index in [1.54, 1.807) is 0 Å². The van der Waals surface area contributed by atoms with Crippen LogP contribution in [0.2, 0.25) is 0 Å². The van der Waals surface area contributed by atoms with Gasteiger partial charge in [0, 0.05) is 12.5 Å². The number of rotatable bonds is 20. The second-order valence-electron chi connectivity index (χ2n) is 14.4. The van der Waals surface area contributed by atoms with Crippen molar-refractivity contribution >= 4 is 19.6 Å². The zero-order valence-corrected chi connectivity index (χ0v) is 33.2. The van der Waals surface area contributed by atoms with E-state index >= 15 is 0 Å². The lowest BCUT2D eigenvalue weighted by Gasteiger charge is -2.49. The third-order valence-electron chi connectivity index (χ3n) is 10.7. The molecule has 0 aromatic heterocycles. The SMILES string of the molecule is CC1[C@@H](OC2[C@@H](OCCCNCl)OC(COCc3ccccc3)[C@@H](C)[C@@H]2C)OC(COP(=O)(OCc2ccccc2)OCc2ccccc2)[C@@H](C)[C@@H]1C. The van der Waals surface area contributed by atoms with Gasteiger partial charge in [0.15, 0.2) is 12.6 Å².